The van der Waals surface area contributed by atoms with Gasteiger partial charge in [-0.05, 0) is 39.2 Å². The zero-order valence-corrected chi connectivity index (χ0v) is 12.0. The molecule has 0 spiro atoms. The second-order valence-corrected chi connectivity index (χ2v) is 5.38. The van der Waals surface area contributed by atoms with Crippen molar-refractivity contribution in [1.29, 1.82) is 5.26 Å². The summed E-state index contributed by atoms with van der Waals surface area (Å²) in [6, 6.07) is 3.15. The number of hydrogen-bond acceptors (Lipinski definition) is 4. The fourth-order valence-corrected chi connectivity index (χ4v) is 2.08. The molecule has 1 unspecified atom stereocenters. The summed E-state index contributed by atoms with van der Waals surface area (Å²) in [7, 11) is 1.74. The third-order valence-electron chi connectivity index (χ3n) is 3.56. The average Bonchev–Trinajstić information content (AvgIpc) is 3.21. The maximum absolute atomic E-state index is 9.30. The fraction of sp³-hybridized carbons (Fsp3) is 0.929. The lowest BCUT2D eigenvalue weighted by Gasteiger charge is -2.28. The molecule has 0 amide bonds. The molecule has 1 saturated carbocycles. The van der Waals surface area contributed by atoms with Gasteiger partial charge in [-0.2, -0.15) is 5.26 Å². The first-order valence-corrected chi connectivity index (χ1v) is 7.04. The second kappa shape index (κ2) is 7.73. The van der Waals surface area contributed by atoms with Crippen molar-refractivity contribution in [3.63, 3.8) is 0 Å². The molecule has 18 heavy (non-hydrogen) atoms. The summed E-state index contributed by atoms with van der Waals surface area (Å²) in [6.07, 6.45) is 4.54. The first-order chi connectivity index (χ1) is 8.65. The van der Waals surface area contributed by atoms with Crippen LogP contribution in [-0.2, 0) is 4.74 Å². The molecule has 1 N–H and O–H groups in total. The van der Waals surface area contributed by atoms with Gasteiger partial charge in [0.15, 0.2) is 0 Å². The zero-order valence-electron chi connectivity index (χ0n) is 12.0. The topological polar surface area (TPSA) is 48.3 Å². The highest BCUT2D eigenvalue weighted by molar-refractivity contribution is 5.04. The summed E-state index contributed by atoms with van der Waals surface area (Å²) in [5.74, 6) is 0. The van der Waals surface area contributed by atoms with E-state index < -0.39 is 5.54 Å². The molecule has 1 rings (SSSR count). The molecule has 1 fully saturated rings. The highest BCUT2D eigenvalue weighted by Gasteiger charge is 2.31. The Balaban J connectivity index is 2.36. The number of nitrogens with one attached hydrogen (secondary N) is 1. The Morgan fingerprint density at radius 2 is 2.17 bits per heavy atom. The summed E-state index contributed by atoms with van der Waals surface area (Å²) >= 11 is 0. The minimum Gasteiger partial charge on any atom is -0.383 e. The Morgan fingerprint density at radius 1 is 1.44 bits per heavy atom. The SMILES string of the molecule is CCCNC(C)(C#N)CCN(CCOC)C1CC1. The minimum atomic E-state index is -0.393. The monoisotopic (exact) mass is 253 g/mol. The predicted octanol–water partition coefficient (Wildman–Crippen LogP) is 1.77. The predicted molar refractivity (Wildman–Crippen MR) is 73.4 cm³/mol. The quantitative estimate of drug-likeness (QED) is 0.644. The third-order valence-corrected chi connectivity index (χ3v) is 3.56. The van der Waals surface area contributed by atoms with E-state index in [1.165, 1.54) is 12.8 Å². The Bertz CT molecular complexity index is 273. The van der Waals surface area contributed by atoms with Crippen molar-refractivity contribution in [2.45, 2.75) is 51.1 Å². The molecule has 4 heteroatoms. The molecule has 0 saturated heterocycles. The van der Waals surface area contributed by atoms with Crippen LogP contribution in [0.3, 0.4) is 0 Å². The van der Waals surface area contributed by atoms with Crippen LogP contribution in [0.5, 0.6) is 0 Å². The summed E-state index contributed by atoms with van der Waals surface area (Å²) in [5, 5.41) is 12.6. The highest BCUT2D eigenvalue weighted by atomic mass is 16.5. The van der Waals surface area contributed by atoms with E-state index in [4.69, 9.17) is 4.74 Å². The molecule has 1 aliphatic carbocycles. The van der Waals surface area contributed by atoms with Gasteiger partial charge in [0.2, 0.25) is 0 Å². The Kier molecular flexibility index (Phi) is 6.62. The van der Waals surface area contributed by atoms with Crippen LogP contribution in [0.2, 0.25) is 0 Å². The van der Waals surface area contributed by atoms with E-state index in [1.807, 2.05) is 6.92 Å². The summed E-state index contributed by atoms with van der Waals surface area (Å²) in [5.41, 5.74) is -0.393. The number of hydrogen-bond donors (Lipinski definition) is 1. The number of nitrogens with zero attached hydrogens (tertiary/aromatic N) is 2. The van der Waals surface area contributed by atoms with E-state index in [0.29, 0.717) is 0 Å². The van der Waals surface area contributed by atoms with Gasteiger partial charge in [-0.1, -0.05) is 6.92 Å². The van der Waals surface area contributed by atoms with Crippen molar-refractivity contribution in [3.8, 4) is 6.07 Å². The summed E-state index contributed by atoms with van der Waals surface area (Å²) in [4.78, 5) is 2.46. The van der Waals surface area contributed by atoms with Gasteiger partial charge in [-0.15, -0.1) is 0 Å². The van der Waals surface area contributed by atoms with Crippen molar-refractivity contribution in [2.75, 3.05) is 33.4 Å². The van der Waals surface area contributed by atoms with Crippen LogP contribution < -0.4 is 5.32 Å². The van der Waals surface area contributed by atoms with E-state index in [1.54, 1.807) is 7.11 Å². The Hall–Kier alpha value is -0.630. The smallest absolute Gasteiger partial charge is 0.105 e. The van der Waals surface area contributed by atoms with Crippen LogP contribution in [-0.4, -0.2) is 49.8 Å². The first-order valence-electron chi connectivity index (χ1n) is 7.04. The van der Waals surface area contributed by atoms with Crippen molar-refractivity contribution >= 4 is 0 Å². The van der Waals surface area contributed by atoms with E-state index in [0.717, 1.165) is 45.1 Å². The van der Waals surface area contributed by atoms with E-state index in [9.17, 15) is 5.26 Å². The molecule has 0 aliphatic heterocycles. The molecular formula is C14H27N3O. The van der Waals surface area contributed by atoms with Gasteiger partial charge >= 0.3 is 0 Å². The number of ether oxygens (including phenoxy) is 1. The molecule has 0 radical (unpaired) electrons. The maximum atomic E-state index is 9.30. The lowest BCUT2D eigenvalue weighted by molar-refractivity contribution is 0.138. The van der Waals surface area contributed by atoms with Crippen molar-refractivity contribution in [1.82, 2.24) is 10.2 Å². The van der Waals surface area contributed by atoms with Crippen LogP contribution in [0.4, 0.5) is 0 Å². The Labute approximate surface area is 111 Å². The Morgan fingerprint density at radius 3 is 2.67 bits per heavy atom. The highest BCUT2D eigenvalue weighted by Crippen LogP contribution is 2.27. The largest absolute Gasteiger partial charge is 0.383 e. The van der Waals surface area contributed by atoms with Crippen LogP contribution in [0.15, 0.2) is 0 Å². The molecule has 0 aromatic heterocycles. The second-order valence-electron chi connectivity index (χ2n) is 5.38. The molecule has 4 nitrogen and oxygen atoms in total. The van der Waals surface area contributed by atoms with Gasteiger partial charge < -0.3 is 4.74 Å². The molecule has 0 aromatic rings. The van der Waals surface area contributed by atoms with Crippen molar-refractivity contribution < 1.29 is 4.74 Å². The fourth-order valence-electron chi connectivity index (χ4n) is 2.08. The van der Waals surface area contributed by atoms with Gasteiger partial charge in [-0.25, -0.2) is 0 Å². The van der Waals surface area contributed by atoms with E-state index >= 15 is 0 Å². The first kappa shape index (κ1) is 15.4. The van der Waals surface area contributed by atoms with Crippen LogP contribution in [0, 0.1) is 11.3 Å². The summed E-state index contributed by atoms with van der Waals surface area (Å²) in [6.45, 7) is 7.78. The van der Waals surface area contributed by atoms with Gasteiger partial charge in [0.25, 0.3) is 0 Å². The number of rotatable bonds is 10. The zero-order chi connectivity index (χ0) is 13.4. The van der Waals surface area contributed by atoms with Crippen LogP contribution in [0.1, 0.15) is 39.5 Å². The molecule has 1 aliphatic rings. The summed E-state index contributed by atoms with van der Waals surface area (Å²) < 4.78 is 5.15. The molecule has 0 aromatic carbocycles. The van der Waals surface area contributed by atoms with Crippen molar-refractivity contribution in [2.24, 2.45) is 0 Å². The molecule has 104 valence electrons. The van der Waals surface area contributed by atoms with Crippen LogP contribution >= 0.6 is 0 Å². The molecule has 0 bridgehead atoms. The number of methoxy groups -OCH3 is 1. The normalized spacial score (nSPS) is 18.6. The lowest BCUT2D eigenvalue weighted by Crippen LogP contribution is -2.45. The number of nitriles is 1. The molecular weight excluding hydrogens is 226 g/mol. The van der Waals surface area contributed by atoms with Crippen molar-refractivity contribution in [3.05, 3.63) is 0 Å². The standard InChI is InChI=1S/C14H27N3O/c1-4-8-16-14(2,12-15)7-9-17(10-11-18-3)13-5-6-13/h13,16H,4-11H2,1-3H3. The van der Waals surface area contributed by atoms with E-state index in [-0.39, 0.29) is 0 Å². The van der Waals surface area contributed by atoms with Gasteiger partial charge in [0.05, 0.1) is 12.7 Å². The minimum absolute atomic E-state index is 0.393. The van der Waals surface area contributed by atoms with E-state index in [2.05, 4.69) is 23.2 Å². The lowest BCUT2D eigenvalue weighted by atomic mass is 9.99. The average molecular weight is 253 g/mol. The maximum Gasteiger partial charge on any atom is 0.105 e. The van der Waals surface area contributed by atoms with Crippen LogP contribution in [0.25, 0.3) is 0 Å². The molecule has 1 atom stereocenters. The van der Waals surface area contributed by atoms with Gasteiger partial charge in [0.1, 0.15) is 5.54 Å². The van der Waals surface area contributed by atoms with Gasteiger partial charge in [0, 0.05) is 26.2 Å². The third kappa shape index (κ3) is 5.34. The molecule has 0 heterocycles. The van der Waals surface area contributed by atoms with Gasteiger partial charge in [-0.3, -0.25) is 10.2 Å².